The number of ether oxygens (including phenoxy) is 2. The number of nitrogens with one attached hydrogen (secondary N) is 1. The van der Waals surface area contributed by atoms with Crippen LogP contribution in [-0.4, -0.2) is 65.8 Å². The number of anilines is 1. The maximum absolute atomic E-state index is 12.3. The summed E-state index contributed by atoms with van der Waals surface area (Å²) >= 11 is 0. The third-order valence-electron chi connectivity index (χ3n) is 5.31. The summed E-state index contributed by atoms with van der Waals surface area (Å²) in [5.41, 5.74) is 5.08. The Hall–Kier alpha value is -4.02. The van der Waals surface area contributed by atoms with Crippen LogP contribution in [0.15, 0.2) is 29.1 Å². The number of benzene rings is 1. The largest absolute Gasteiger partial charge is 0.492 e. The SMILES string of the molecule is CC(C)(C)OC(=O)N1CCN(CCOc2ccccc2-c2c(C#N)c(N)[nH]c(=O)c2C#N)CC1. The number of piperazine rings is 1. The van der Waals surface area contributed by atoms with E-state index in [0.717, 1.165) is 0 Å². The van der Waals surface area contributed by atoms with Gasteiger partial charge in [-0.2, -0.15) is 10.5 Å². The zero-order chi connectivity index (χ0) is 24.9. The van der Waals surface area contributed by atoms with Gasteiger partial charge in [-0.3, -0.25) is 9.69 Å². The number of aromatic nitrogens is 1. The van der Waals surface area contributed by atoms with Gasteiger partial charge in [-0.05, 0) is 26.8 Å². The highest BCUT2D eigenvalue weighted by atomic mass is 16.6. The molecular formula is C24H28N6O4. The number of nitrogen functional groups attached to an aromatic ring is 1. The predicted molar refractivity (Wildman–Crippen MR) is 126 cm³/mol. The van der Waals surface area contributed by atoms with Crippen LogP contribution in [0.25, 0.3) is 11.1 Å². The minimum atomic E-state index is -0.660. The molecule has 0 saturated carbocycles. The fourth-order valence-electron chi connectivity index (χ4n) is 3.68. The summed E-state index contributed by atoms with van der Waals surface area (Å²) < 4.78 is 11.4. The second-order valence-electron chi connectivity index (χ2n) is 8.87. The second-order valence-corrected chi connectivity index (χ2v) is 8.87. The Balaban J connectivity index is 1.68. The van der Waals surface area contributed by atoms with E-state index < -0.39 is 11.2 Å². The minimum absolute atomic E-state index is 0.0189. The van der Waals surface area contributed by atoms with Crippen molar-refractivity contribution in [3.63, 3.8) is 0 Å². The number of hydrogen-bond acceptors (Lipinski definition) is 8. The van der Waals surface area contributed by atoms with E-state index in [1.807, 2.05) is 32.9 Å². The molecule has 0 bridgehead atoms. The molecule has 2 aromatic rings. The number of nitrogens with two attached hydrogens (primary N) is 1. The smallest absolute Gasteiger partial charge is 0.410 e. The molecule has 1 amide bonds. The quantitative estimate of drug-likeness (QED) is 0.685. The summed E-state index contributed by atoms with van der Waals surface area (Å²) in [6, 6.07) is 10.8. The van der Waals surface area contributed by atoms with Gasteiger partial charge >= 0.3 is 6.09 Å². The number of H-pyrrole nitrogens is 1. The summed E-state index contributed by atoms with van der Waals surface area (Å²) in [5.74, 6) is 0.340. The molecule has 3 rings (SSSR count). The second kappa shape index (κ2) is 10.3. The fourth-order valence-corrected chi connectivity index (χ4v) is 3.68. The van der Waals surface area contributed by atoms with Crippen molar-refractivity contribution in [2.24, 2.45) is 0 Å². The van der Waals surface area contributed by atoms with Gasteiger partial charge < -0.3 is 25.1 Å². The molecule has 10 heteroatoms. The molecule has 0 atom stereocenters. The van der Waals surface area contributed by atoms with Crippen molar-refractivity contribution < 1.29 is 14.3 Å². The van der Waals surface area contributed by atoms with Crippen LogP contribution in [0.3, 0.4) is 0 Å². The summed E-state index contributed by atoms with van der Waals surface area (Å²) in [4.78, 5) is 30.7. The summed E-state index contributed by atoms with van der Waals surface area (Å²) in [5, 5.41) is 19.1. The average molecular weight is 465 g/mol. The average Bonchev–Trinajstić information content (AvgIpc) is 2.78. The van der Waals surface area contributed by atoms with Gasteiger partial charge in [-0.1, -0.05) is 18.2 Å². The van der Waals surface area contributed by atoms with Crippen LogP contribution in [0, 0.1) is 22.7 Å². The van der Waals surface area contributed by atoms with Crippen molar-refractivity contribution >= 4 is 11.9 Å². The number of aromatic amines is 1. The van der Waals surface area contributed by atoms with E-state index in [1.54, 1.807) is 29.2 Å². The number of pyridine rings is 1. The van der Waals surface area contributed by atoms with E-state index in [0.29, 0.717) is 50.6 Å². The van der Waals surface area contributed by atoms with E-state index in [4.69, 9.17) is 15.2 Å². The third kappa shape index (κ3) is 5.66. The molecule has 3 N–H and O–H groups in total. The summed E-state index contributed by atoms with van der Waals surface area (Å²) in [7, 11) is 0. The molecule has 178 valence electrons. The normalized spacial score (nSPS) is 14.2. The first-order valence-electron chi connectivity index (χ1n) is 10.9. The van der Waals surface area contributed by atoms with Crippen LogP contribution in [0.2, 0.25) is 0 Å². The lowest BCUT2D eigenvalue weighted by atomic mass is 9.96. The molecule has 0 spiro atoms. The van der Waals surface area contributed by atoms with E-state index >= 15 is 0 Å². The lowest BCUT2D eigenvalue weighted by Gasteiger charge is -2.35. The van der Waals surface area contributed by atoms with Crippen molar-refractivity contribution in [3.8, 4) is 29.0 Å². The first-order valence-corrected chi connectivity index (χ1v) is 10.9. The third-order valence-corrected chi connectivity index (χ3v) is 5.31. The highest BCUT2D eigenvalue weighted by Gasteiger charge is 2.26. The zero-order valence-corrected chi connectivity index (χ0v) is 19.6. The van der Waals surface area contributed by atoms with Gasteiger partial charge in [0.1, 0.15) is 47.0 Å². The van der Waals surface area contributed by atoms with Crippen molar-refractivity contribution in [3.05, 3.63) is 45.7 Å². The molecule has 1 fully saturated rings. The van der Waals surface area contributed by atoms with Crippen LogP contribution in [0.5, 0.6) is 5.75 Å². The van der Waals surface area contributed by atoms with Gasteiger partial charge in [-0.15, -0.1) is 0 Å². The van der Waals surface area contributed by atoms with Crippen molar-refractivity contribution in [1.29, 1.82) is 10.5 Å². The molecule has 34 heavy (non-hydrogen) atoms. The molecule has 1 saturated heterocycles. The standard InChI is InChI=1S/C24H28N6O4/c1-24(2,3)34-23(32)30-10-8-29(9-11-30)12-13-33-19-7-5-4-6-16(19)20-17(14-25)21(27)28-22(31)18(20)15-26/h4-7H,8-13H2,1-3H3,(H3,27,28,31). The van der Waals surface area contributed by atoms with Crippen LogP contribution >= 0.6 is 0 Å². The number of nitrogens with zero attached hydrogens (tertiary/aromatic N) is 4. The van der Waals surface area contributed by atoms with Gasteiger partial charge in [0.2, 0.25) is 0 Å². The van der Waals surface area contributed by atoms with Crippen molar-refractivity contribution in [1.82, 2.24) is 14.8 Å². The number of carbonyl (C=O) groups excluding carboxylic acids is 1. The Morgan fingerprint density at radius 2 is 1.76 bits per heavy atom. The Morgan fingerprint density at radius 1 is 1.12 bits per heavy atom. The Labute approximate surface area is 198 Å². The molecule has 2 heterocycles. The molecule has 1 aliphatic heterocycles. The van der Waals surface area contributed by atoms with Gasteiger partial charge in [-0.25, -0.2) is 4.79 Å². The van der Waals surface area contributed by atoms with Crippen LogP contribution in [0.4, 0.5) is 10.6 Å². The Morgan fingerprint density at radius 3 is 2.38 bits per heavy atom. The maximum Gasteiger partial charge on any atom is 0.410 e. The lowest BCUT2D eigenvalue weighted by molar-refractivity contribution is 0.0137. The van der Waals surface area contributed by atoms with Crippen molar-refractivity contribution in [2.45, 2.75) is 26.4 Å². The molecule has 0 aliphatic carbocycles. The topological polar surface area (TPSA) is 148 Å². The number of carbonyl (C=O) groups is 1. The van der Waals surface area contributed by atoms with Crippen LogP contribution in [-0.2, 0) is 4.74 Å². The molecule has 0 unspecified atom stereocenters. The van der Waals surface area contributed by atoms with E-state index in [-0.39, 0.29) is 28.6 Å². The van der Waals surface area contributed by atoms with E-state index in [1.165, 1.54) is 0 Å². The minimum Gasteiger partial charge on any atom is -0.492 e. The Kier molecular flexibility index (Phi) is 7.44. The van der Waals surface area contributed by atoms with Crippen molar-refractivity contribution in [2.75, 3.05) is 45.1 Å². The molecular weight excluding hydrogens is 436 g/mol. The number of para-hydroxylation sites is 1. The van der Waals surface area contributed by atoms with Gasteiger partial charge in [0, 0.05) is 43.9 Å². The van der Waals surface area contributed by atoms with Crippen LogP contribution in [0.1, 0.15) is 31.9 Å². The molecule has 1 aromatic carbocycles. The van der Waals surface area contributed by atoms with Gasteiger partial charge in [0.25, 0.3) is 5.56 Å². The zero-order valence-electron chi connectivity index (χ0n) is 19.6. The predicted octanol–water partition coefficient (Wildman–Crippen LogP) is 2.30. The highest BCUT2D eigenvalue weighted by Crippen LogP contribution is 2.35. The van der Waals surface area contributed by atoms with Gasteiger partial charge in [0.15, 0.2) is 0 Å². The van der Waals surface area contributed by atoms with E-state index in [9.17, 15) is 20.1 Å². The number of amides is 1. The summed E-state index contributed by atoms with van der Waals surface area (Å²) in [6.07, 6.45) is -0.309. The monoisotopic (exact) mass is 464 g/mol. The number of hydrogen-bond donors (Lipinski definition) is 2. The number of nitriles is 2. The lowest BCUT2D eigenvalue weighted by Crippen LogP contribution is -2.50. The first-order chi connectivity index (χ1) is 16.1. The maximum atomic E-state index is 12.3. The molecule has 10 nitrogen and oxygen atoms in total. The highest BCUT2D eigenvalue weighted by molar-refractivity contribution is 5.83. The fraction of sp³-hybridized carbons (Fsp3) is 0.417. The molecule has 1 aliphatic rings. The molecule has 1 aromatic heterocycles. The van der Waals surface area contributed by atoms with E-state index in [2.05, 4.69) is 9.88 Å². The molecule has 0 radical (unpaired) electrons. The van der Waals surface area contributed by atoms with Crippen LogP contribution < -0.4 is 16.0 Å². The Bertz CT molecular complexity index is 1190. The summed E-state index contributed by atoms with van der Waals surface area (Å²) in [6.45, 7) is 8.98. The number of rotatable bonds is 5. The first kappa shape index (κ1) is 24.6. The van der Waals surface area contributed by atoms with Gasteiger partial charge in [0.05, 0.1) is 0 Å².